The predicted octanol–water partition coefficient (Wildman–Crippen LogP) is 2.19. The van der Waals surface area contributed by atoms with E-state index in [0.717, 1.165) is 0 Å². The summed E-state index contributed by atoms with van der Waals surface area (Å²) in [4.78, 5) is 15.2. The Kier molecular flexibility index (Phi) is 5.86. The number of hydrogen-bond acceptors (Lipinski definition) is 4. The topological polar surface area (TPSA) is 65.2 Å². The van der Waals surface area contributed by atoms with Crippen LogP contribution in [-0.4, -0.2) is 17.6 Å². The fraction of sp³-hybridized carbons (Fsp3) is 0.455. The molecule has 0 spiro atoms. The van der Waals surface area contributed by atoms with Crippen LogP contribution in [0.5, 0.6) is 0 Å². The van der Waals surface area contributed by atoms with Crippen LogP contribution in [0, 0.1) is 3.57 Å². The van der Waals surface area contributed by atoms with Gasteiger partial charge in [0.05, 0.1) is 24.3 Å². The summed E-state index contributed by atoms with van der Waals surface area (Å²) in [5.41, 5.74) is 5.76. The van der Waals surface area contributed by atoms with Crippen LogP contribution in [0.25, 0.3) is 0 Å². The fourth-order valence-electron chi connectivity index (χ4n) is 1.46. The van der Waals surface area contributed by atoms with Gasteiger partial charge in [0.2, 0.25) is 0 Å². The fourth-order valence-corrected chi connectivity index (χ4v) is 2.33. The van der Waals surface area contributed by atoms with Gasteiger partial charge in [-0.05, 0) is 35.1 Å². The molecule has 0 saturated carbocycles. The van der Waals surface area contributed by atoms with Gasteiger partial charge in [-0.25, -0.2) is 8.78 Å². The highest BCUT2D eigenvalue weighted by atomic mass is 127. The summed E-state index contributed by atoms with van der Waals surface area (Å²) in [5, 5.41) is 0. The molecule has 0 aliphatic heterocycles. The predicted molar refractivity (Wildman–Crippen MR) is 70.1 cm³/mol. The Balaban J connectivity index is 3.08. The number of aromatic nitrogens is 1. The van der Waals surface area contributed by atoms with Crippen LogP contribution in [-0.2, 0) is 22.5 Å². The average molecular weight is 370 g/mol. The number of alkyl halides is 2. The third-order valence-electron chi connectivity index (χ3n) is 2.26. The highest BCUT2D eigenvalue weighted by Crippen LogP contribution is 2.29. The number of halogens is 3. The van der Waals surface area contributed by atoms with Crippen LogP contribution >= 0.6 is 22.6 Å². The van der Waals surface area contributed by atoms with Crippen LogP contribution in [0.1, 0.15) is 30.2 Å². The molecule has 1 aromatic rings. The van der Waals surface area contributed by atoms with Crippen LogP contribution in [0.4, 0.5) is 8.78 Å². The smallest absolute Gasteiger partial charge is 0.310 e. The summed E-state index contributed by atoms with van der Waals surface area (Å²) < 4.78 is 30.9. The van der Waals surface area contributed by atoms with E-state index >= 15 is 0 Å². The minimum absolute atomic E-state index is 0.0602. The zero-order valence-corrected chi connectivity index (χ0v) is 11.9. The van der Waals surface area contributed by atoms with Crippen LogP contribution < -0.4 is 5.73 Å². The molecule has 1 aromatic heterocycles. The van der Waals surface area contributed by atoms with Crippen molar-refractivity contribution in [3.8, 4) is 0 Å². The van der Waals surface area contributed by atoms with Crippen LogP contribution in [0.2, 0.25) is 0 Å². The van der Waals surface area contributed by atoms with Gasteiger partial charge in [0.15, 0.2) is 0 Å². The summed E-state index contributed by atoms with van der Waals surface area (Å²) in [6.07, 6.45) is -1.33. The SMILES string of the molecule is CCOC(=O)Cc1cnc(CN)c(C(F)F)c1I. The van der Waals surface area contributed by atoms with Gasteiger partial charge in [0, 0.05) is 16.3 Å². The quantitative estimate of drug-likeness (QED) is 0.638. The van der Waals surface area contributed by atoms with E-state index in [1.807, 2.05) is 0 Å². The van der Waals surface area contributed by atoms with Gasteiger partial charge in [0.25, 0.3) is 6.43 Å². The summed E-state index contributed by atoms with van der Waals surface area (Å²) in [6.45, 7) is 1.88. The zero-order chi connectivity index (χ0) is 13.7. The molecule has 1 heterocycles. The van der Waals surface area contributed by atoms with E-state index in [0.29, 0.717) is 9.13 Å². The van der Waals surface area contributed by atoms with Gasteiger partial charge in [-0.2, -0.15) is 0 Å². The molecule has 100 valence electrons. The summed E-state index contributed by atoms with van der Waals surface area (Å²) in [7, 11) is 0. The Bertz CT molecular complexity index is 441. The van der Waals surface area contributed by atoms with Gasteiger partial charge in [-0.1, -0.05) is 0 Å². The van der Waals surface area contributed by atoms with Crippen molar-refractivity contribution in [2.45, 2.75) is 26.3 Å². The Morgan fingerprint density at radius 1 is 1.61 bits per heavy atom. The molecule has 18 heavy (non-hydrogen) atoms. The van der Waals surface area contributed by atoms with Crippen molar-refractivity contribution in [1.82, 2.24) is 4.98 Å². The zero-order valence-electron chi connectivity index (χ0n) is 9.75. The number of nitrogens with two attached hydrogens (primary N) is 1. The van der Waals surface area contributed by atoms with Crippen molar-refractivity contribution in [1.29, 1.82) is 0 Å². The van der Waals surface area contributed by atoms with E-state index in [9.17, 15) is 13.6 Å². The highest BCUT2D eigenvalue weighted by molar-refractivity contribution is 14.1. The average Bonchev–Trinajstić information content (AvgIpc) is 2.31. The van der Waals surface area contributed by atoms with Crippen molar-refractivity contribution >= 4 is 28.6 Å². The first kappa shape index (κ1) is 15.2. The van der Waals surface area contributed by atoms with E-state index in [-0.39, 0.29) is 30.8 Å². The van der Waals surface area contributed by atoms with Crippen LogP contribution in [0.15, 0.2) is 6.20 Å². The van der Waals surface area contributed by atoms with E-state index in [2.05, 4.69) is 4.98 Å². The van der Waals surface area contributed by atoms with Crippen molar-refractivity contribution in [3.63, 3.8) is 0 Å². The molecule has 0 bridgehead atoms. The van der Waals surface area contributed by atoms with Gasteiger partial charge in [-0.15, -0.1) is 0 Å². The lowest BCUT2D eigenvalue weighted by atomic mass is 10.1. The second-order valence-electron chi connectivity index (χ2n) is 3.44. The molecule has 2 N–H and O–H groups in total. The Labute approximate surface area is 117 Å². The minimum atomic E-state index is -2.66. The number of ether oxygens (including phenoxy) is 1. The third-order valence-corrected chi connectivity index (χ3v) is 3.53. The van der Waals surface area contributed by atoms with Crippen molar-refractivity contribution in [2.24, 2.45) is 5.73 Å². The third kappa shape index (κ3) is 3.58. The molecule has 0 radical (unpaired) electrons. The standard InChI is InChI=1S/C11H13F2IN2O2/c1-2-18-8(17)3-6-5-16-7(4-15)9(10(6)14)11(12)13/h5,11H,2-4,15H2,1H3. The van der Waals surface area contributed by atoms with Gasteiger partial charge in [-0.3, -0.25) is 9.78 Å². The van der Waals surface area contributed by atoms with E-state index in [4.69, 9.17) is 10.5 Å². The molecular weight excluding hydrogens is 357 g/mol. The van der Waals surface area contributed by atoms with Gasteiger partial charge >= 0.3 is 5.97 Å². The maximum Gasteiger partial charge on any atom is 0.310 e. The van der Waals surface area contributed by atoms with Crippen LogP contribution in [0.3, 0.4) is 0 Å². The van der Waals surface area contributed by atoms with Gasteiger partial charge < -0.3 is 10.5 Å². The first-order chi connectivity index (χ1) is 8.51. The van der Waals surface area contributed by atoms with Crippen molar-refractivity contribution < 1.29 is 18.3 Å². The lowest BCUT2D eigenvalue weighted by Crippen LogP contribution is -2.13. The number of pyridine rings is 1. The molecule has 0 aliphatic rings. The maximum absolute atomic E-state index is 12.9. The summed E-state index contributed by atoms with van der Waals surface area (Å²) in [5.74, 6) is -0.460. The minimum Gasteiger partial charge on any atom is -0.466 e. The molecule has 1 rings (SSSR count). The monoisotopic (exact) mass is 370 g/mol. The number of rotatable bonds is 5. The summed E-state index contributed by atoms with van der Waals surface area (Å²) >= 11 is 1.78. The lowest BCUT2D eigenvalue weighted by molar-refractivity contribution is -0.142. The number of esters is 1. The maximum atomic E-state index is 12.9. The number of carbonyl (C=O) groups is 1. The Morgan fingerprint density at radius 2 is 2.28 bits per heavy atom. The van der Waals surface area contributed by atoms with Crippen molar-refractivity contribution in [3.05, 3.63) is 26.6 Å². The molecule has 7 heteroatoms. The van der Waals surface area contributed by atoms with E-state index in [1.54, 1.807) is 29.5 Å². The molecule has 0 saturated heterocycles. The first-order valence-electron chi connectivity index (χ1n) is 5.31. The van der Waals surface area contributed by atoms with E-state index < -0.39 is 12.4 Å². The molecular formula is C11H13F2IN2O2. The number of hydrogen-bond donors (Lipinski definition) is 1. The molecule has 0 fully saturated rings. The van der Waals surface area contributed by atoms with E-state index in [1.165, 1.54) is 6.20 Å². The van der Waals surface area contributed by atoms with Gasteiger partial charge in [0.1, 0.15) is 0 Å². The molecule has 4 nitrogen and oxygen atoms in total. The molecule has 0 aliphatic carbocycles. The number of nitrogens with zero attached hydrogens (tertiary/aromatic N) is 1. The second kappa shape index (κ2) is 6.93. The highest BCUT2D eigenvalue weighted by Gasteiger charge is 2.21. The first-order valence-corrected chi connectivity index (χ1v) is 6.39. The Hall–Kier alpha value is -0.830. The molecule has 0 aromatic carbocycles. The number of carbonyl (C=O) groups excluding carboxylic acids is 1. The molecule has 0 atom stereocenters. The Morgan fingerprint density at radius 3 is 2.78 bits per heavy atom. The normalized spacial score (nSPS) is 10.8. The lowest BCUT2D eigenvalue weighted by Gasteiger charge is -2.12. The molecule has 0 unspecified atom stereocenters. The largest absolute Gasteiger partial charge is 0.466 e. The van der Waals surface area contributed by atoms with Crippen molar-refractivity contribution in [2.75, 3.05) is 6.61 Å². The summed E-state index contributed by atoms with van der Waals surface area (Å²) in [6, 6.07) is 0. The molecule has 0 amide bonds. The second-order valence-corrected chi connectivity index (χ2v) is 4.52.